The van der Waals surface area contributed by atoms with E-state index >= 15 is 0 Å². The Balaban J connectivity index is 1.71. The second-order valence-electron chi connectivity index (χ2n) is 5.09. The zero-order valence-electron chi connectivity index (χ0n) is 12.6. The quantitative estimate of drug-likeness (QED) is 0.422. The monoisotopic (exact) mass is 356 g/mol. The summed E-state index contributed by atoms with van der Waals surface area (Å²) in [6.45, 7) is 0. The fourth-order valence-electron chi connectivity index (χ4n) is 2.21. The highest BCUT2D eigenvalue weighted by Gasteiger charge is 2.15. The number of phenols is 1. The first-order chi connectivity index (χ1) is 11.9. The van der Waals surface area contributed by atoms with Gasteiger partial charge < -0.3 is 19.9 Å². The van der Waals surface area contributed by atoms with Crippen LogP contribution in [-0.2, 0) is 0 Å². The van der Waals surface area contributed by atoms with Gasteiger partial charge in [-0.3, -0.25) is 10.1 Å². The van der Waals surface area contributed by atoms with E-state index in [9.17, 15) is 14.7 Å². The van der Waals surface area contributed by atoms with E-state index < -0.39 is 11.9 Å². The summed E-state index contributed by atoms with van der Waals surface area (Å²) in [4.78, 5) is 23.2. The van der Waals surface area contributed by atoms with Gasteiger partial charge in [-0.2, -0.15) is 0 Å². The van der Waals surface area contributed by atoms with Crippen molar-refractivity contribution in [2.75, 3.05) is 5.32 Å². The Morgan fingerprint density at radius 3 is 2.56 bits per heavy atom. The Morgan fingerprint density at radius 2 is 1.84 bits per heavy atom. The second kappa shape index (κ2) is 6.62. The summed E-state index contributed by atoms with van der Waals surface area (Å²) >= 11 is 5.04. The molecule has 1 aromatic heterocycles. The second-order valence-corrected chi connectivity index (χ2v) is 5.50. The number of fused-ring (bicyclic) bond motifs is 1. The standard InChI is InChI=1S/C17H12N2O5S/c20-12-6-5-10(8-11(12)16(22)23)18-17(25)19-15(21)14-7-9-3-1-2-4-13(9)24-14/h1-8,20H,(H,22,23)(H2,18,19,21,25). The molecule has 0 aliphatic rings. The summed E-state index contributed by atoms with van der Waals surface area (Å²) < 4.78 is 5.44. The molecule has 3 rings (SSSR count). The molecule has 0 aliphatic heterocycles. The Morgan fingerprint density at radius 1 is 1.08 bits per heavy atom. The predicted octanol–water partition coefficient (Wildman–Crippen LogP) is 2.96. The number of benzene rings is 2. The molecule has 1 heterocycles. The first-order valence-electron chi connectivity index (χ1n) is 7.11. The van der Waals surface area contributed by atoms with Crippen LogP contribution in [0, 0.1) is 0 Å². The Labute approximate surface area is 146 Å². The van der Waals surface area contributed by atoms with Crippen molar-refractivity contribution < 1.29 is 24.2 Å². The number of hydrogen-bond acceptors (Lipinski definition) is 5. The lowest BCUT2D eigenvalue weighted by atomic mass is 10.2. The number of rotatable bonds is 3. The van der Waals surface area contributed by atoms with Crippen molar-refractivity contribution in [2.24, 2.45) is 0 Å². The number of furan rings is 1. The topological polar surface area (TPSA) is 112 Å². The number of hydrogen-bond donors (Lipinski definition) is 4. The van der Waals surface area contributed by atoms with E-state index in [1.165, 1.54) is 18.2 Å². The minimum absolute atomic E-state index is 0.0347. The van der Waals surface area contributed by atoms with Crippen LogP contribution in [-0.4, -0.2) is 27.2 Å². The van der Waals surface area contributed by atoms with Crippen molar-refractivity contribution in [1.29, 1.82) is 0 Å². The van der Waals surface area contributed by atoms with Crippen molar-refractivity contribution in [3.05, 3.63) is 59.9 Å². The summed E-state index contributed by atoms with van der Waals surface area (Å²) in [5.74, 6) is -2.08. The number of carbonyl (C=O) groups is 2. The van der Waals surface area contributed by atoms with Gasteiger partial charge >= 0.3 is 5.97 Å². The number of aromatic carboxylic acids is 1. The third-order valence-corrected chi connectivity index (χ3v) is 3.57. The fourth-order valence-corrected chi connectivity index (χ4v) is 2.42. The van der Waals surface area contributed by atoms with E-state index in [1.54, 1.807) is 18.2 Å². The molecule has 0 spiro atoms. The van der Waals surface area contributed by atoms with Gasteiger partial charge in [-0.15, -0.1) is 0 Å². The van der Waals surface area contributed by atoms with E-state index in [0.29, 0.717) is 11.3 Å². The van der Waals surface area contributed by atoms with Crippen molar-refractivity contribution in [1.82, 2.24) is 5.32 Å². The van der Waals surface area contributed by atoms with Crippen LogP contribution < -0.4 is 10.6 Å². The number of anilines is 1. The number of carboxylic acids is 1. The Kier molecular flexibility index (Phi) is 4.36. The van der Waals surface area contributed by atoms with Crippen LogP contribution in [0.2, 0.25) is 0 Å². The van der Waals surface area contributed by atoms with E-state index in [0.717, 1.165) is 5.39 Å². The van der Waals surface area contributed by atoms with Crippen molar-refractivity contribution in [2.45, 2.75) is 0 Å². The number of amides is 1. The van der Waals surface area contributed by atoms with Gasteiger partial charge in [0.25, 0.3) is 5.91 Å². The molecule has 126 valence electrons. The number of carboxylic acid groups (broad SMARTS) is 1. The highest BCUT2D eigenvalue weighted by Crippen LogP contribution is 2.22. The zero-order valence-corrected chi connectivity index (χ0v) is 13.5. The molecule has 1 amide bonds. The molecular weight excluding hydrogens is 344 g/mol. The molecule has 0 atom stereocenters. The minimum atomic E-state index is -1.28. The molecule has 0 saturated carbocycles. The SMILES string of the molecule is O=C(NC(=S)Nc1ccc(O)c(C(=O)O)c1)c1cc2ccccc2o1. The minimum Gasteiger partial charge on any atom is -0.507 e. The average molecular weight is 356 g/mol. The normalized spacial score (nSPS) is 10.4. The zero-order chi connectivity index (χ0) is 18.0. The van der Waals surface area contributed by atoms with Gasteiger partial charge in [0.1, 0.15) is 16.9 Å². The van der Waals surface area contributed by atoms with Crippen LogP contribution in [0.25, 0.3) is 11.0 Å². The molecule has 8 heteroatoms. The Bertz CT molecular complexity index is 963. The number of para-hydroxylation sites is 1. The van der Waals surface area contributed by atoms with Crippen molar-refractivity contribution in [3.8, 4) is 5.75 Å². The molecular formula is C17H12N2O5S. The summed E-state index contributed by atoms with van der Waals surface area (Å²) in [5, 5.41) is 24.3. The summed E-state index contributed by atoms with van der Waals surface area (Å²) in [5.41, 5.74) is 0.609. The van der Waals surface area contributed by atoms with Gasteiger partial charge in [0.15, 0.2) is 10.9 Å². The third-order valence-electron chi connectivity index (χ3n) is 3.36. The summed E-state index contributed by atoms with van der Waals surface area (Å²) in [6.07, 6.45) is 0. The molecule has 0 radical (unpaired) electrons. The third kappa shape index (κ3) is 3.59. The van der Waals surface area contributed by atoms with Gasteiger partial charge in [0.2, 0.25) is 0 Å². The van der Waals surface area contributed by atoms with E-state index in [1.807, 2.05) is 12.1 Å². The molecule has 0 bridgehead atoms. The van der Waals surface area contributed by atoms with Crippen LogP contribution >= 0.6 is 12.2 Å². The molecule has 0 saturated heterocycles. The van der Waals surface area contributed by atoms with Crippen molar-refractivity contribution in [3.63, 3.8) is 0 Å². The van der Waals surface area contributed by atoms with E-state index in [2.05, 4.69) is 10.6 Å². The highest BCUT2D eigenvalue weighted by atomic mass is 32.1. The molecule has 0 aliphatic carbocycles. The molecule has 25 heavy (non-hydrogen) atoms. The van der Waals surface area contributed by atoms with Gasteiger partial charge in [-0.05, 0) is 42.5 Å². The highest BCUT2D eigenvalue weighted by molar-refractivity contribution is 7.80. The van der Waals surface area contributed by atoms with Crippen molar-refractivity contribution >= 4 is 45.9 Å². The van der Waals surface area contributed by atoms with E-state index in [-0.39, 0.29) is 22.2 Å². The van der Waals surface area contributed by atoms with Crippen LogP contribution in [0.3, 0.4) is 0 Å². The number of carbonyl (C=O) groups excluding carboxylic acids is 1. The smallest absolute Gasteiger partial charge is 0.339 e. The average Bonchev–Trinajstić information content (AvgIpc) is 3.00. The van der Waals surface area contributed by atoms with Gasteiger partial charge in [-0.25, -0.2) is 4.79 Å². The van der Waals surface area contributed by atoms with Crippen LogP contribution in [0.15, 0.2) is 52.9 Å². The van der Waals surface area contributed by atoms with Gasteiger partial charge in [-0.1, -0.05) is 18.2 Å². The summed E-state index contributed by atoms with van der Waals surface area (Å²) in [7, 11) is 0. The molecule has 4 N–H and O–H groups in total. The van der Waals surface area contributed by atoms with Gasteiger partial charge in [0.05, 0.1) is 0 Å². The molecule has 2 aromatic carbocycles. The number of aromatic hydroxyl groups is 1. The first kappa shape index (κ1) is 16.5. The lowest BCUT2D eigenvalue weighted by Gasteiger charge is -2.09. The van der Waals surface area contributed by atoms with Crippen LogP contribution in [0.5, 0.6) is 5.75 Å². The lowest BCUT2D eigenvalue weighted by Crippen LogP contribution is -2.33. The number of nitrogens with one attached hydrogen (secondary N) is 2. The maximum Gasteiger partial charge on any atom is 0.339 e. The first-order valence-corrected chi connectivity index (χ1v) is 7.52. The lowest BCUT2D eigenvalue weighted by molar-refractivity contribution is 0.0693. The van der Waals surface area contributed by atoms with Crippen LogP contribution in [0.1, 0.15) is 20.9 Å². The summed E-state index contributed by atoms with van der Waals surface area (Å²) in [6, 6.07) is 12.6. The maximum absolute atomic E-state index is 12.2. The molecule has 3 aromatic rings. The maximum atomic E-state index is 12.2. The van der Waals surface area contributed by atoms with Gasteiger partial charge in [0, 0.05) is 11.1 Å². The predicted molar refractivity (Wildman–Crippen MR) is 95.0 cm³/mol. The number of thiocarbonyl (C=S) groups is 1. The molecule has 0 unspecified atom stereocenters. The Hall–Kier alpha value is -3.39. The van der Waals surface area contributed by atoms with E-state index in [4.69, 9.17) is 21.7 Å². The molecule has 7 nitrogen and oxygen atoms in total. The van der Waals surface area contributed by atoms with Crippen LogP contribution in [0.4, 0.5) is 5.69 Å². The molecule has 0 fully saturated rings. The fraction of sp³-hybridized carbons (Fsp3) is 0. The largest absolute Gasteiger partial charge is 0.507 e.